The molecule has 10 aromatic rings. The lowest BCUT2D eigenvalue weighted by Crippen LogP contribution is -2.37. The summed E-state index contributed by atoms with van der Waals surface area (Å²) < 4.78 is 2.52. The van der Waals surface area contributed by atoms with Crippen molar-refractivity contribution in [2.24, 2.45) is 0 Å². The molecule has 1 spiro atoms. The van der Waals surface area contributed by atoms with E-state index in [0.29, 0.717) is 0 Å². The monoisotopic (exact) mass is 796 g/mol. The van der Waals surface area contributed by atoms with Crippen molar-refractivity contribution in [3.8, 4) is 27.9 Å². The number of nitrogens with zero attached hydrogens (tertiary/aromatic N) is 2. The Balaban J connectivity index is 0.994. The van der Waals surface area contributed by atoms with Gasteiger partial charge in [-0.05, 0) is 110 Å². The maximum Gasteiger partial charge on any atom is 0.0764 e. The Morgan fingerprint density at radius 2 is 1.03 bits per heavy atom. The fraction of sp³-hybridized carbons (Fsp3) is 0.0690. The van der Waals surface area contributed by atoms with E-state index in [9.17, 15) is 0 Å². The fourth-order valence-corrected chi connectivity index (χ4v) is 12.5. The average Bonchev–Trinajstić information content (AvgIpc) is 3.77. The standard InChI is InChI=1S/C58H40N2S/c1-57(2)46-22-8-6-18-42(46)43-35-34-40(36-51(43)57)59(38-16-4-3-5-17-38)39-32-30-37(31-33-39)41-20-14-26-50-56(41)61-54-29-13-10-24-48(54)58(50)47-23-9-12-28-53(47)60-52-27-11-7-19-44(52)45-21-15-25-49(58)55(45)60/h3-36H,1-2H3. The lowest BCUT2D eigenvalue weighted by molar-refractivity contribution is 0.660. The van der Waals surface area contributed by atoms with Crippen LogP contribution in [-0.2, 0) is 10.8 Å². The molecule has 1 atom stereocenters. The largest absolute Gasteiger partial charge is 0.310 e. The van der Waals surface area contributed by atoms with E-state index in [1.54, 1.807) is 0 Å². The summed E-state index contributed by atoms with van der Waals surface area (Å²) in [5.41, 5.74) is 19.8. The summed E-state index contributed by atoms with van der Waals surface area (Å²) in [6.07, 6.45) is 0. The molecule has 3 aliphatic rings. The van der Waals surface area contributed by atoms with Gasteiger partial charge in [-0.3, -0.25) is 0 Å². The first kappa shape index (κ1) is 34.8. The molecule has 2 aliphatic heterocycles. The van der Waals surface area contributed by atoms with Gasteiger partial charge in [-0.1, -0.05) is 177 Å². The van der Waals surface area contributed by atoms with E-state index in [4.69, 9.17) is 0 Å². The molecule has 0 N–H and O–H groups in total. The van der Waals surface area contributed by atoms with Crippen molar-refractivity contribution in [1.82, 2.24) is 4.57 Å². The van der Waals surface area contributed by atoms with E-state index in [0.717, 1.165) is 17.1 Å². The summed E-state index contributed by atoms with van der Waals surface area (Å²) in [6.45, 7) is 4.71. The molecule has 1 aromatic heterocycles. The number of para-hydroxylation sites is 4. The minimum absolute atomic E-state index is 0.0882. The summed E-state index contributed by atoms with van der Waals surface area (Å²) in [7, 11) is 0. The van der Waals surface area contributed by atoms with Crippen molar-refractivity contribution in [2.45, 2.75) is 34.5 Å². The van der Waals surface area contributed by atoms with Crippen molar-refractivity contribution >= 4 is 50.6 Å². The Hall–Kier alpha value is -7.07. The highest BCUT2D eigenvalue weighted by atomic mass is 32.2. The Labute approximate surface area is 360 Å². The maximum atomic E-state index is 2.52. The van der Waals surface area contributed by atoms with Gasteiger partial charge in [0.25, 0.3) is 0 Å². The van der Waals surface area contributed by atoms with Crippen LogP contribution < -0.4 is 4.90 Å². The molecule has 1 unspecified atom stereocenters. The van der Waals surface area contributed by atoms with Crippen molar-refractivity contribution in [1.29, 1.82) is 0 Å². The fourth-order valence-electron chi connectivity index (χ4n) is 11.2. The topological polar surface area (TPSA) is 8.17 Å². The summed E-state index contributed by atoms with van der Waals surface area (Å²) >= 11 is 1.92. The molecule has 3 heterocycles. The van der Waals surface area contributed by atoms with Gasteiger partial charge in [0, 0.05) is 43.0 Å². The first-order chi connectivity index (χ1) is 30.0. The predicted octanol–water partition coefficient (Wildman–Crippen LogP) is 15.4. The van der Waals surface area contributed by atoms with Crippen LogP contribution in [-0.4, -0.2) is 4.57 Å². The van der Waals surface area contributed by atoms with Gasteiger partial charge in [-0.15, -0.1) is 0 Å². The van der Waals surface area contributed by atoms with E-state index in [-0.39, 0.29) is 5.41 Å². The average molecular weight is 797 g/mol. The zero-order chi connectivity index (χ0) is 40.5. The highest BCUT2D eigenvalue weighted by Crippen LogP contribution is 2.62. The molecule has 3 heteroatoms. The number of hydrogen-bond acceptors (Lipinski definition) is 2. The minimum atomic E-state index is -0.515. The third-order valence-electron chi connectivity index (χ3n) is 13.8. The summed E-state index contributed by atoms with van der Waals surface area (Å²) in [5.74, 6) is 0. The maximum absolute atomic E-state index is 2.52. The number of aromatic nitrogens is 1. The van der Waals surface area contributed by atoms with Crippen molar-refractivity contribution in [3.63, 3.8) is 0 Å². The zero-order valence-corrected chi connectivity index (χ0v) is 34.7. The number of benzene rings is 9. The summed E-state index contributed by atoms with van der Waals surface area (Å²) in [5, 5.41) is 2.59. The van der Waals surface area contributed by atoms with E-state index in [1.165, 1.54) is 92.9 Å². The van der Waals surface area contributed by atoms with Crippen molar-refractivity contribution in [3.05, 3.63) is 240 Å². The van der Waals surface area contributed by atoms with Crippen LogP contribution in [0, 0.1) is 0 Å². The quantitative estimate of drug-likeness (QED) is 0.175. The Morgan fingerprint density at radius 1 is 0.426 bits per heavy atom. The molecule has 13 rings (SSSR count). The molecule has 0 amide bonds. The highest BCUT2D eigenvalue weighted by molar-refractivity contribution is 7.99. The van der Waals surface area contributed by atoms with Gasteiger partial charge in [-0.25, -0.2) is 0 Å². The molecule has 0 radical (unpaired) electrons. The molecule has 2 nitrogen and oxygen atoms in total. The van der Waals surface area contributed by atoms with Crippen molar-refractivity contribution in [2.75, 3.05) is 4.90 Å². The Kier molecular flexibility index (Phi) is 7.25. The molecular weight excluding hydrogens is 757 g/mol. The number of rotatable bonds is 4. The van der Waals surface area contributed by atoms with Gasteiger partial charge in [0.05, 0.1) is 22.1 Å². The number of fused-ring (bicyclic) bond motifs is 14. The number of anilines is 3. The predicted molar refractivity (Wildman–Crippen MR) is 254 cm³/mol. The lowest BCUT2D eigenvalue weighted by Gasteiger charge is -2.45. The van der Waals surface area contributed by atoms with Crippen LogP contribution in [0.3, 0.4) is 0 Å². The van der Waals surface area contributed by atoms with Crippen LogP contribution in [0.1, 0.15) is 47.2 Å². The van der Waals surface area contributed by atoms with Gasteiger partial charge in [-0.2, -0.15) is 0 Å². The second kappa shape index (κ2) is 12.7. The minimum Gasteiger partial charge on any atom is -0.310 e. The molecule has 0 bridgehead atoms. The molecular formula is C58H40N2S. The van der Waals surface area contributed by atoms with E-state index < -0.39 is 5.41 Å². The van der Waals surface area contributed by atoms with Gasteiger partial charge >= 0.3 is 0 Å². The highest BCUT2D eigenvalue weighted by Gasteiger charge is 2.49. The van der Waals surface area contributed by atoms with E-state index in [1.807, 2.05) is 11.8 Å². The normalized spacial score (nSPS) is 16.2. The molecule has 0 saturated carbocycles. The Bertz CT molecular complexity index is 3430. The summed E-state index contributed by atoms with van der Waals surface area (Å²) in [4.78, 5) is 5.01. The molecule has 288 valence electrons. The molecule has 0 saturated heterocycles. The van der Waals surface area contributed by atoms with Crippen LogP contribution in [0.15, 0.2) is 216 Å². The van der Waals surface area contributed by atoms with Crippen LogP contribution in [0.25, 0.3) is 49.7 Å². The summed E-state index contributed by atoms with van der Waals surface area (Å²) in [6, 6.07) is 77.1. The van der Waals surface area contributed by atoms with Gasteiger partial charge < -0.3 is 9.47 Å². The van der Waals surface area contributed by atoms with Gasteiger partial charge in [0.2, 0.25) is 0 Å². The smallest absolute Gasteiger partial charge is 0.0764 e. The Morgan fingerprint density at radius 3 is 1.90 bits per heavy atom. The van der Waals surface area contributed by atoms with Crippen LogP contribution in [0.4, 0.5) is 17.1 Å². The van der Waals surface area contributed by atoms with E-state index >= 15 is 0 Å². The first-order valence-corrected chi connectivity index (χ1v) is 22.1. The lowest BCUT2D eigenvalue weighted by atomic mass is 9.62. The molecule has 9 aromatic carbocycles. The van der Waals surface area contributed by atoms with E-state index in [2.05, 4.69) is 230 Å². The zero-order valence-electron chi connectivity index (χ0n) is 33.9. The number of hydrogen-bond donors (Lipinski definition) is 0. The van der Waals surface area contributed by atoms with Gasteiger partial charge in [0.15, 0.2) is 0 Å². The van der Waals surface area contributed by atoms with Crippen LogP contribution >= 0.6 is 11.8 Å². The molecule has 61 heavy (non-hydrogen) atoms. The second-order valence-electron chi connectivity index (χ2n) is 17.2. The second-order valence-corrected chi connectivity index (χ2v) is 18.3. The SMILES string of the molecule is CC1(C)c2ccccc2-c2ccc(N(c3ccccc3)c3ccc(-c4cccc5c4Sc4ccccc4C54c5ccccc5-n5c6ccccc6c6cccc4c65)cc3)cc21. The van der Waals surface area contributed by atoms with Crippen molar-refractivity contribution < 1.29 is 0 Å². The third-order valence-corrected chi connectivity index (χ3v) is 15.1. The van der Waals surface area contributed by atoms with Crippen LogP contribution in [0.2, 0.25) is 0 Å². The first-order valence-electron chi connectivity index (χ1n) is 21.3. The third kappa shape index (κ3) is 4.64. The van der Waals surface area contributed by atoms with Crippen LogP contribution in [0.5, 0.6) is 0 Å². The van der Waals surface area contributed by atoms with Gasteiger partial charge in [0.1, 0.15) is 0 Å². The molecule has 0 fully saturated rings. The molecule has 1 aliphatic carbocycles.